The third-order valence-electron chi connectivity index (χ3n) is 3.96. The van der Waals surface area contributed by atoms with E-state index in [1.54, 1.807) is 0 Å². The molecule has 0 aromatic rings. The Balaban J connectivity index is -0.00000192. The van der Waals surface area contributed by atoms with Gasteiger partial charge in [-0.15, -0.1) is 0 Å². The van der Waals surface area contributed by atoms with Crippen LogP contribution in [0.4, 0.5) is 0 Å². The number of carbonyl (C=O) groups excluding carboxylic acids is 4. The quantitative estimate of drug-likeness (QED) is 0.305. The van der Waals surface area contributed by atoms with E-state index in [9.17, 15) is 39.6 Å². The Bertz CT molecular complexity index is 436. The first kappa shape index (κ1) is 32.7. The molecule has 0 aliphatic heterocycles. The summed E-state index contributed by atoms with van der Waals surface area (Å²) in [6.45, 7) is -2.72. The first-order valence-electron chi connectivity index (χ1n) is 7.48. The van der Waals surface area contributed by atoms with Crippen LogP contribution in [-0.2, 0) is 19.2 Å². The van der Waals surface area contributed by atoms with Gasteiger partial charge in [0.25, 0.3) is 0 Å². The summed E-state index contributed by atoms with van der Waals surface area (Å²) in [5.41, 5.74) is 0. The van der Waals surface area contributed by atoms with Gasteiger partial charge < -0.3 is 39.6 Å². The summed E-state index contributed by atoms with van der Waals surface area (Å²) in [7, 11) is 0. The van der Waals surface area contributed by atoms with Gasteiger partial charge in [0.05, 0.1) is 23.9 Å². The molecule has 0 heterocycles. The average Bonchev–Trinajstić information content (AvgIpc) is 2.44. The predicted octanol–water partition coefficient (Wildman–Crippen LogP) is -12.5. The number of carboxylic acid groups (broad SMARTS) is 4. The minimum Gasteiger partial charge on any atom is -0.549 e. The van der Waals surface area contributed by atoms with E-state index >= 15 is 0 Å². The van der Waals surface area contributed by atoms with E-state index in [-0.39, 0.29) is 96.9 Å². The van der Waals surface area contributed by atoms with Gasteiger partial charge in [-0.3, -0.25) is 9.80 Å². The minimum absolute atomic E-state index is 0. The Morgan fingerprint density at radius 1 is 0.630 bits per heavy atom. The molecule has 1 aliphatic carbocycles. The zero-order chi connectivity index (χ0) is 18.3. The molecule has 0 amide bonds. The molecule has 136 valence electrons. The van der Waals surface area contributed by atoms with Crippen molar-refractivity contribution in [2.24, 2.45) is 0 Å². The van der Waals surface area contributed by atoms with Gasteiger partial charge in [-0.1, -0.05) is 12.8 Å². The van der Waals surface area contributed by atoms with Crippen molar-refractivity contribution < 1.29 is 98.7 Å². The van der Waals surface area contributed by atoms with Crippen molar-refractivity contribution in [1.82, 2.24) is 9.80 Å². The summed E-state index contributed by atoms with van der Waals surface area (Å²) in [6, 6.07) is -1.32. The predicted molar refractivity (Wildman–Crippen MR) is 75.0 cm³/mol. The summed E-state index contributed by atoms with van der Waals surface area (Å²) >= 11 is 0. The second kappa shape index (κ2) is 16.8. The van der Waals surface area contributed by atoms with Gasteiger partial charge in [-0.25, -0.2) is 0 Å². The topological polar surface area (TPSA) is 167 Å². The molecule has 1 aliphatic rings. The molecule has 0 aromatic carbocycles. The van der Waals surface area contributed by atoms with Crippen molar-refractivity contribution >= 4 is 61.6 Å². The van der Waals surface area contributed by atoms with Crippen LogP contribution in [0.15, 0.2) is 0 Å². The fraction of sp³-hybridized carbons (Fsp3) is 0.714. The Morgan fingerprint density at radius 3 is 1.04 bits per heavy atom. The van der Waals surface area contributed by atoms with Crippen molar-refractivity contribution in [3.05, 3.63) is 0 Å². The van der Waals surface area contributed by atoms with Gasteiger partial charge >= 0.3 is 96.9 Å². The van der Waals surface area contributed by atoms with Gasteiger partial charge in [-0.05, 0) is 12.8 Å². The minimum atomic E-state index is -1.49. The summed E-state index contributed by atoms with van der Waals surface area (Å²) in [6.07, 6.45) is 2.12. The van der Waals surface area contributed by atoms with Gasteiger partial charge in [0.15, 0.2) is 0 Å². The van der Waals surface area contributed by atoms with Crippen molar-refractivity contribution in [2.75, 3.05) is 26.2 Å². The zero-order valence-electron chi connectivity index (χ0n) is 15.7. The fourth-order valence-electron chi connectivity index (χ4n) is 3.19. The second-order valence-corrected chi connectivity index (χ2v) is 5.72. The van der Waals surface area contributed by atoms with E-state index in [1.807, 2.05) is 0 Å². The molecule has 1 rings (SSSR count). The number of hydrogen-bond donors (Lipinski definition) is 0. The van der Waals surface area contributed by atoms with Crippen molar-refractivity contribution in [3.8, 4) is 0 Å². The average molecular weight is 428 g/mol. The van der Waals surface area contributed by atoms with Crippen LogP contribution < -0.4 is 79.5 Å². The third-order valence-corrected chi connectivity index (χ3v) is 3.96. The summed E-state index contributed by atoms with van der Waals surface area (Å²) in [5, 5.41) is 43.5. The van der Waals surface area contributed by atoms with Gasteiger partial charge in [0, 0.05) is 38.3 Å². The van der Waals surface area contributed by atoms with Crippen molar-refractivity contribution in [2.45, 2.75) is 37.8 Å². The standard InChI is InChI=1S/C14H22N2O8.Ca.2Na/c17-11(18)5-15(6-12(19)20)9-3-1-2-4-10(9)16(7-13(21)22)8-14(23)24;;;/h9-10H,1-8H2,(H,17,18)(H,19,20)(H,21,22)(H,23,24);;;/q;+2;2*+1/p-4/t9-,10-;;;/m1.../s1. The number of nitrogens with zero attached hydrogens (tertiary/aromatic N) is 2. The molecular weight excluding hydrogens is 410 g/mol. The maximum Gasteiger partial charge on any atom is 2.00 e. The molecule has 0 bridgehead atoms. The van der Waals surface area contributed by atoms with Gasteiger partial charge in [0.2, 0.25) is 0 Å². The number of aliphatic carboxylic acids is 4. The molecule has 13 heteroatoms. The number of rotatable bonds is 10. The van der Waals surface area contributed by atoms with Crippen LogP contribution in [0.5, 0.6) is 0 Å². The van der Waals surface area contributed by atoms with E-state index < -0.39 is 62.1 Å². The van der Waals surface area contributed by atoms with Crippen LogP contribution in [0.3, 0.4) is 0 Å². The zero-order valence-corrected chi connectivity index (χ0v) is 21.9. The van der Waals surface area contributed by atoms with Crippen LogP contribution in [0.25, 0.3) is 0 Å². The molecule has 0 saturated heterocycles. The van der Waals surface area contributed by atoms with E-state index in [2.05, 4.69) is 0 Å². The molecule has 2 atom stereocenters. The Labute approximate surface area is 231 Å². The van der Waals surface area contributed by atoms with Crippen LogP contribution >= 0.6 is 0 Å². The smallest absolute Gasteiger partial charge is 0.549 e. The first-order chi connectivity index (χ1) is 11.2. The van der Waals surface area contributed by atoms with Crippen LogP contribution in [0.2, 0.25) is 0 Å². The number of carboxylic acids is 4. The van der Waals surface area contributed by atoms with Crippen molar-refractivity contribution in [1.29, 1.82) is 0 Å². The van der Waals surface area contributed by atoms with E-state index in [0.29, 0.717) is 25.7 Å². The van der Waals surface area contributed by atoms with E-state index in [1.165, 1.54) is 0 Å². The second-order valence-electron chi connectivity index (χ2n) is 5.72. The molecule has 1 fully saturated rings. The molecular formula is C14H18CaN2Na2O8. The van der Waals surface area contributed by atoms with Gasteiger partial charge in [0.1, 0.15) is 0 Å². The van der Waals surface area contributed by atoms with Crippen LogP contribution in [-0.4, -0.2) is 110 Å². The Kier molecular flexibility index (Phi) is 20.4. The van der Waals surface area contributed by atoms with Crippen LogP contribution in [0.1, 0.15) is 25.7 Å². The molecule has 0 radical (unpaired) electrons. The van der Waals surface area contributed by atoms with E-state index in [4.69, 9.17) is 0 Å². The summed E-state index contributed by atoms with van der Waals surface area (Å²) in [4.78, 5) is 45.7. The monoisotopic (exact) mass is 428 g/mol. The Morgan fingerprint density at radius 2 is 0.852 bits per heavy atom. The maximum absolute atomic E-state index is 10.9. The third kappa shape index (κ3) is 13.1. The molecule has 1 saturated carbocycles. The Hall–Kier alpha value is 1.06. The molecule has 0 spiro atoms. The van der Waals surface area contributed by atoms with Gasteiger partial charge in [-0.2, -0.15) is 0 Å². The number of carbonyl (C=O) groups is 4. The fourth-order valence-corrected chi connectivity index (χ4v) is 3.19. The molecule has 10 nitrogen and oxygen atoms in total. The molecule has 0 aromatic heterocycles. The SMILES string of the molecule is O=C([O-])CN(CC(=O)[O-])[C@@H]1CCCC[C@H]1N(CC(=O)[O-])CC(=O)[O-].[Ca+2].[Na+].[Na+]. The summed E-state index contributed by atoms with van der Waals surface area (Å²) in [5.74, 6) is -5.97. The van der Waals surface area contributed by atoms with E-state index in [0.717, 1.165) is 9.80 Å². The molecule has 0 N–H and O–H groups in total. The van der Waals surface area contributed by atoms with Crippen LogP contribution in [0, 0.1) is 0 Å². The number of hydrogen-bond acceptors (Lipinski definition) is 10. The first-order valence-corrected chi connectivity index (χ1v) is 7.48. The van der Waals surface area contributed by atoms with Crippen molar-refractivity contribution in [3.63, 3.8) is 0 Å². The largest absolute Gasteiger partial charge is 2.00 e. The molecule has 0 unspecified atom stereocenters. The molecule has 27 heavy (non-hydrogen) atoms. The summed E-state index contributed by atoms with van der Waals surface area (Å²) < 4.78 is 0. The normalized spacial score (nSPS) is 18.6. The maximum atomic E-state index is 10.9.